The van der Waals surface area contributed by atoms with Crippen molar-refractivity contribution in [2.45, 2.75) is 12.8 Å². The number of hydrogen-bond donors (Lipinski definition) is 0. The molecule has 0 saturated carbocycles. The molecule has 0 unspecified atom stereocenters. The molecule has 2 aromatic rings. The van der Waals surface area contributed by atoms with Crippen molar-refractivity contribution in [1.82, 2.24) is 0 Å². The van der Waals surface area contributed by atoms with Gasteiger partial charge in [-0.25, -0.2) is 0 Å². The van der Waals surface area contributed by atoms with Crippen molar-refractivity contribution < 1.29 is 20.3 Å². The number of fused-ring (bicyclic) bond motifs is 3. The van der Waals surface area contributed by atoms with Crippen LogP contribution < -0.4 is 3.87 Å². The molecule has 0 aromatic heterocycles. The van der Waals surface area contributed by atoms with Crippen LogP contribution in [0.3, 0.4) is 0 Å². The standard InChI is InChI=1S/C13H9.C5H5.CH2.Ti.2H/c1-3-7-12-10(5-1)9-11-6-2-4-8-13(11)12;1-2-4-5-3-1;;;;/h1-5,7-8H,9H2;1-3H,4H2;1H2;;;/q;;;+2;2*-1. The van der Waals surface area contributed by atoms with Gasteiger partial charge in [0.1, 0.15) is 0 Å². The molecule has 0 amide bonds. The maximum Gasteiger partial charge on any atom is -1.00 e. The van der Waals surface area contributed by atoms with Crippen molar-refractivity contribution in [2.75, 3.05) is 0 Å². The Morgan fingerprint density at radius 3 is 2.70 bits per heavy atom. The summed E-state index contributed by atoms with van der Waals surface area (Å²) in [6, 6.07) is 15.6. The molecule has 0 saturated heterocycles. The zero-order chi connectivity index (χ0) is 13.5. The van der Waals surface area contributed by atoms with E-state index in [9.17, 15) is 0 Å². The summed E-state index contributed by atoms with van der Waals surface area (Å²) in [6.45, 7) is 0. The Bertz CT molecular complexity index is 788. The van der Waals surface area contributed by atoms with E-state index in [0.29, 0.717) is 0 Å². The summed E-state index contributed by atoms with van der Waals surface area (Å²) in [5.41, 5.74) is 5.89. The van der Waals surface area contributed by atoms with Crippen molar-refractivity contribution in [2.24, 2.45) is 0 Å². The van der Waals surface area contributed by atoms with Crippen LogP contribution >= 0.6 is 0 Å². The molecule has 0 heterocycles. The Labute approximate surface area is 128 Å². The van der Waals surface area contributed by atoms with Crippen LogP contribution in [0.5, 0.6) is 0 Å². The first-order valence-corrected chi connectivity index (χ1v) is 9.76. The van der Waals surface area contributed by atoms with E-state index >= 15 is 0 Å². The van der Waals surface area contributed by atoms with Gasteiger partial charge in [-0.3, -0.25) is 0 Å². The molecular weight excluding hydrogens is 276 g/mol. The van der Waals surface area contributed by atoms with Gasteiger partial charge in [-0.15, -0.1) is 0 Å². The van der Waals surface area contributed by atoms with Crippen LogP contribution in [0.4, 0.5) is 0 Å². The summed E-state index contributed by atoms with van der Waals surface area (Å²) >= 11 is -1.54. The Kier molecular flexibility index (Phi) is 2.94. The molecular formula is C19H18Ti. The monoisotopic (exact) mass is 294 g/mol. The molecule has 0 N–H and O–H groups in total. The predicted octanol–water partition coefficient (Wildman–Crippen LogP) is 4.00. The second-order valence-corrected chi connectivity index (χ2v) is 8.81. The molecule has 98 valence electrons. The molecule has 0 atom stereocenters. The largest absolute Gasteiger partial charge is 1.00 e. The molecule has 0 aliphatic heterocycles. The third-order valence-electron chi connectivity index (χ3n) is 4.33. The number of hydrogen-bond acceptors (Lipinski definition) is 0. The topological polar surface area (TPSA) is 0 Å². The van der Waals surface area contributed by atoms with Crippen LogP contribution in [0.15, 0.2) is 64.6 Å². The molecule has 0 fully saturated rings. The average molecular weight is 294 g/mol. The predicted molar refractivity (Wildman–Crippen MR) is 85.5 cm³/mol. The normalized spacial score (nSPS) is 14.4. The molecule has 0 bridgehead atoms. The Morgan fingerprint density at radius 1 is 1.00 bits per heavy atom. The van der Waals surface area contributed by atoms with Crippen LogP contribution in [0.2, 0.25) is 0 Å². The third kappa shape index (κ3) is 1.83. The molecule has 2 aliphatic carbocycles. The van der Waals surface area contributed by atoms with Crippen LogP contribution in [-0.2, 0) is 23.8 Å². The van der Waals surface area contributed by atoms with E-state index < -0.39 is 17.4 Å². The van der Waals surface area contributed by atoms with Crippen LogP contribution in [0.1, 0.15) is 20.4 Å². The van der Waals surface area contributed by atoms with Gasteiger partial charge in [-0.2, -0.15) is 0 Å². The maximum atomic E-state index is 4.59. The number of rotatable bonds is 2. The summed E-state index contributed by atoms with van der Waals surface area (Å²) in [5, 5.41) is 0. The third-order valence-corrected chi connectivity index (χ3v) is 7.87. The van der Waals surface area contributed by atoms with Crippen molar-refractivity contribution in [3.63, 3.8) is 0 Å². The molecule has 20 heavy (non-hydrogen) atoms. The minimum Gasteiger partial charge on any atom is -1.00 e. The summed E-state index contributed by atoms with van der Waals surface area (Å²) in [7, 11) is 0. The average Bonchev–Trinajstić information content (AvgIpc) is 3.13. The van der Waals surface area contributed by atoms with Gasteiger partial charge < -0.3 is 2.85 Å². The SMILES string of the molecule is [CH2]=[Ti+2]([C]1=CC=CC1)[c]1cccc2c1Cc1ccccc1-2.[H-].[H-]. The molecule has 0 spiro atoms. The fourth-order valence-corrected chi connectivity index (χ4v) is 6.24. The fraction of sp³-hybridized carbons (Fsp3) is 0.105. The molecule has 4 rings (SSSR count). The van der Waals surface area contributed by atoms with Gasteiger partial charge in [0, 0.05) is 0 Å². The Morgan fingerprint density at radius 2 is 1.85 bits per heavy atom. The second kappa shape index (κ2) is 4.80. The van der Waals surface area contributed by atoms with Gasteiger partial charge in [0.2, 0.25) is 0 Å². The van der Waals surface area contributed by atoms with E-state index in [1.54, 1.807) is 13.3 Å². The zero-order valence-corrected chi connectivity index (χ0v) is 13.0. The van der Waals surface area contributed by atoms with E-state index in [1.165, 1.54) is 16.7 Å². The molecule has 0 nitrogen and oxygen atoms in total. The Balaban J connectivity index is 0.000000882. The molecule has 1 heteroatoms. The van der Waals surface area contributed by atoms with Crippen LogP contribution in [0, 0.1) is 0 Å². The van der Waals surface area contributed by atoms with E-state index in [4.69, 9.17) is 0 Å². The number of allylic oxidation sites excluding steroid dienone is 4. The maximum absolute atomic E-state index is 4.59. The van der Waals surface area contributed by atoms with Gasteiger partial charge in [0.15, 0.2) is 0 Å². The smallest absolute Gasteiger partial charge is 1.00 e. The summed E-state index contributed by atoms with van der Waals surface area (Å²) in [4.78, 5) is 4.59. The van der Waals surface area contributed by atoms with Crippen LogP contribution in [-0.4, -0.2) is 4.82 Å². The van der Waals surface area contributed by atoms with E-state index in [1.807, 2.05) is 0 Å². The quantitative estimate of drug-likeness (QED) is 0.627. The van der Waals surface area contributed by atoms with Crippen molar-refractivity contribution in [1.29, 1.82) is 0 Å². The molecule has 2 aromatic carbocycles. The van der Waals surface area contributed by atoms with E-state index in [-0.39, 0.29) is 2.85 Å². The second-order valence-electron chi connectivity index (χ2n) is 5.47. The van der Waals surface area contributed by atoms with Crippen molar-refractivity contribution in [3.05, 3.63) is 75.7 Å². The minimum absolute atomic E-state index is 0. The minimum atomic E-state index is -1.54. The van der Waals surface area contributed by atoms with E-state index in [0.717, 1.165) is 12.8 Å². The molecule has 2 aliphatic rings. The first kappa shape index (κ1) is 12.3. The van der Waals surface area contributed by atoms with Crippen molar-refractivity contribution >= 4 is 8.69 Å². The summed E-state index contributed by atoms with van der Waals surface area (Å²) in [5.74, 6) is 0. The molecule has 0 radical (unpaired) electrons. The first-order valence-electron chi connectivity index (χ1n) is 7.10. The van der Waals surface area contributed by atoms with Gasteiger partial charge in [0.25, 0.3) is 0 Å². The van der Waals surface area contributed by atoms with Crippen molar-refractivity contribution in [3.8, 4) is 11.1 Å². The van der Waals surface area contributed by atoms with Crippen LogP contribution in [0.25, 0.3) is 11.1 Å². The number of benzene rings is 2. The first-order chi connectivity index (χ1) is 9.84. The van der Waals surface area contributed by atoms with Gasteiger partial charge in [0.05, 0.1) is 0 Å². The summed E-state index contributed by atoms with van der Waals surface area (Å²) < 4.78 is 3.16. The van der Waals surface area contributed by atoms with E-state index in [2.05, 4.69) is 65.5 Å². The fourth-order valence-electron chi connectivity index (χ4n) is 3.28. The summed E-state index contributed by atoms with van der Waals surface area (Å²) in [6.07, 6.45) is 8.95. The van der Waals surface area contributed by atoms with Gasteiger partial charge >= 0.3 is 126 Å². The zero-order valence-electron chi connectivity index (χ0n) is 13.4. The Hall–Kier alpha value is -1.50. The van der Waals surface area contributed by atoms with Gasteiger partial charge in [-0.05, 0) is 0 Å². The van der Waals surface area contributed by atoms with Gasteiger partial charge in [-0.1, -0.05) is 0 Å².